The minimum absolute atomic E-state index is 0.782. The number of fused-ring (bicyclic) bond motifs is 2. The second-order valence-electron chi connectivity index (χ2n) is 5.87. The first kappa shape index (κ1) is 11.4. The SMILES string of the molecule is CC(C)CNC1C[C@H]2CCC[C@@H](C1)N2C. The number of nitrogens with zero attached hydrogens (tertiary/aromatic N) is 1. The van der Waals surface area contributed by atoms with Crippen LogP contribution in [0.25, 0.3) is 0 Å². The van der Waals surface area contributed by atoms with E-state index in [1.54, 1.807) is 0 Å². The first-order chi connectivity index (χ1) is 7.16. The maximum Gasteiger partial charge on any atom is 0.0110 e. The fourth-order valence-corrected chi connectivity index (χ4v) is 3.18. The molecule has 0 radical (unpaired) electrons. The highest BCUT2D eigenvalue weighted by molar-refractivity contribution is 4.93. The van der Waals surface area contributed by atoms with Crippen molar-refractivity contribution < 1.29 is 0 Å². The van der Waals surface area contributed by atoms with E-state index in [2.05, 4.69) is 31.1 Å². The van der Waals surface area contributed by atoms with Crippen molar-refractivity contribution in [3.63, 3.8) is 0 Å². The van der Waals surface area contributed by atoms with Crippen LogP contribution in [0.2, 0.25) is 0 Å². The van der Waals surface area contributed by atoms with Crippen molar-refractivity contribution in [2.45, 2.75) is 64.1 Å². The van der Waals surface area contributed by atoms with Crippen molar-refractivity contribution in [3.8, 4) is 0 Å². The predicted octanol–water partition coefficient (Wildman–Crippen LogP) is 2.25. The van der Waals surface area contributed by atoms with E-state index in [0.29, 0.717) is 0 Å². The van der Waals surface area contributed by atoms with Crippen molar-refractivity contribution in [1.82, 2.24) is 10.2 Å². The molecule has 88 valence electrons. The zero-order valence-electron chi connectivity index (χ0n) is 10.5. The van der Waals surface area contributed by atoms with Gasteiger partial charge in [0.05, 0.1) is 0 Å². The molecule has 3 atom stereocenters. The Kier molecular flexibility index (Phi) is 3.68. The fourth-order valence-electron chi connectivity index (χ4n) is 3.18. The Balaban J connectivity index is 1.84. The van der Waals surface area contributed by atoms with Crippen LogP contribution in [0.15, 0.2) is 0 Å². The summed E-state index contributed by atoms with van der Waals surface area (Å²) in [5.74, 6) is 0.782. The monoisotopic (exact) mass is 210 g/mol. The van der Waals surface area contributed by atoms with Crippen LogP contribution in [0, 0.1) is 5.92 Å². The summed E-state index contributed by atoms with van der Waals surface area (Å²) < 4.78 is 0. The van der Waals surface area contributed by atoms with E-state index in [0.717, 1.165) is 24.0 Å². The molecule has 0 aromatic rings. The molecule has 0 aliphatic carbocycles. The Morgan fingerprint density at radius 2 is 1.80 bits per heavy atom. The van der Waals surface area contributed by atoms with E-state index < -0.39 is 0 Å². The van der Waals surface area contributed by atoms with Gasteiger partial charge < -0.3 is 10.2 Å². The Bertz CT molecular complexity index is 189. The fraction of sp³-hybridized carbons (Fsp3) is 1.00. The van der Waals surface area contributed by atoms with Crippen LogP contribution in [-0.2, 0) is 0 Å². The summed E-state index contributed by atoms with van der Waals surface area (Å²) in [5.41, 5.74) is 0. The Morgan fingerprint density at radius 1 is 1.20 bits per heavy atom. The first-order valence-electron chi connectivity index (χ1n) is 6.62. The molecule has 2 bridgehead atoms. The van der Waals surface area contributed by atoms with E-state index in [4.69, 9.17) is 0 Å². The van der Waals surface area contributed by atoms with Gasteiger partial charge in [-0.1, -0.05) is 20.3 Å². The van der Waals surface area contributed by atoms with Crippen LogP contribution < -0.4 is 5.32 Å². The lowest BCUT2D eigenvalue weighted by molar-refractivity contribution is 0.0480. The molecule has 15 heavy (non-hydrogen) atoms. The van der Waals surface area contributed by atoms with Gasteiger partial charge in [-0.3, -0.25) is 0 Å². The van der Waals surface area contributed by atoms with Gasteiger partial charge in [-0.2, -0.15) is 0 Å². The van der Waals surface area contributed by atoms with Crippen LogP contribution in [0.5, 0.6) is 0 Å². The van der Waals surface area contributed by atoms with Gasteiger partial charge >= 0.3 is 0 Å². The van der Waals surface area contributed by atoms with Gasteiger partial charge in [-0.25, -0.2) is 0 Å². The van der Waals surface area contributed by atoms with Gasteiger partial charge in [0, 0.05) is 18.1 Å². The number of rotatable bonds is 3. The summed E-state index contributed by atoms with van der Waals surface area (Å²) in [7, 11) is 2.33. The third-order valence-corrected chi connectivity index (χ3v) is 4.15. The number of piperidine rings is 2. The van der Waals surface area contributed by atoms with E-state index in [9.17, 15) is 0 Å². The molecule has 2 nitrogen and oxygen atoms in total. The van der Waals surface area contributed by atoms with Gasteiger partial charge in [-0.15, -0.1) is 0 Å². The largest absolute Gasteiger partial charge is 0.314 e. The van der Waals surface area contributed by atoms with Crippen molar-refractivity contribution >= 4 is 0 Å². The number of hydrogen-bond donors (Lipinski definition) is 1. The second-order valence-corrected chi connectivity index (χ2v) is 5.87. The normalized spacial score (nSPS) is 37.2. The van der Waals surface area contributed by atoms with E-state index in [1.807, 2.05) is 0 Å². The molecular formula is C13H26N2. The van der Waals surface area contributed by atoms with Gasteiger partial charge in [0.1, 0.15) is 0 Å². The topological polar surface area (TPSA) is 15.3 Å². The lowest BCUT2D eigenvalue weighted by Crippen LogP contribution is -2.54. The quantitative estimate of drug-likeness (QED) is 0.768. The molecule has 0 spiro atoms. The van der Waals surface area contributed by atoms with Crippen LogP contribution in [0.4, 0.5) is 0 Å². The Morgan fingerprint density at radius 3 is 2.33 bits per heavy atom. The maximum absolute atomic E-state index is 3.74. The van der Waals surface area contributed by atoms with Gasteiger partial charge in [-0.05, 0) is 45.2 Å². The molecule has 2 heterocycles. The molecule has 1 N–H and O–H groups in total. The van der Waals surface area contributed by atoms with Gasteiger partial charge in [0.2, 0.25) is 0 Å². The molecule has 0 saturated carbocycles. The summed E-state index contributed by atoms with van der Waals surface area (Å²) >= 11 is 0. The van der Waals surface area contributed by atoms with Crippen LogP contribution >= 0.6 is 0 Å². The smallest absolute Gasteiger partial charge is 0.0110 e. The highest BCUT2D eigenvalue weighted by Gasteiger charge is 2.35. The average Bonchev–Trinajstić information content (AvgIpc) is 2.15. The molecule has 1 unspecified atom stereocenters. The van der Waals surface area contributed by atoms with E-state index in [1.165, 1.54) is 38.6 Å². The molecular weight excluding hydrogens is 184 g/mol. The zero-order chi connectivity index (χ0) is 10.8. The summed E-state index contributed by atoms with van der Waals surface area (Å²) in [5, 5.41) is 3.74. The molecule has 2 saturated heterocycles. The minimum Gasteiger partial charge on any atom is -0.314 e. The standard InChI is InChI=1S/C13H26N2/c1-10(2)9-14-11-7-12-5-4-6-13(8-11)15(12)3/h10-14H,4-9H2,1-3H3/t11?,12-,13+. The summed E-state index contributed by atoms with van der Waals surface area (Å²) in [6.45, 7) is 5.78. The molecule has 2 heteroatoms. The van der Waals surface area contributed by atoms with Crippen molar-refractivity contribution in [3.05, 3.63) is 0 Å². The Labute approximate surface area is 94.4 Å². The number of nitrogens with one attached hydrogen (secondary N) is 1. The molecule has 0 aromatic heterocycles. The third-order valence-electron chi connectivity index (χ3n) is 4.15. The molecule has 2 aliphatic heterocycles. The highest BCUT2D eigenvalue weighted by Crippen LogP contribution is 2.32. The van der Waals surface area contributed by atoms with Crippen LogP contribution in [-0.4, -0.2) is 36.6 Å². The van der Waals surface area contributed by atoms with Gasteiger partial charge in [0.25, 0.3) is 0 Å². The average molecular weight is 210 g/mol. The highest BCUT2D eigenvalue weighted by atomic mass is 15.2. The third kappa shape index (κ3) is 2.73. The van der Waals surface area contributed by atoms with Crippen molar-refractivity contribution in [2.75, 3.05) is 13.6 Å². The van der Waals surface area contributed by atoms with Crippen LogP contribution in [0.1, 0.15) is 46.0 Å². The van der Waals surface area contributed by atoms with E-state index >= 15 is 0 Å². The molecule has 2 rings (SSSR count). The molecule has 2 fully saturated rings. The predicted molar refractivity (Wildman–Crippen MR) is 65.1 cm³/mol. The minimum atomic E-state index is 0.782. The second kappa shape index (κ2) is 4.84. The van der Waals surface area contributed by atoms with E-state index in [-0.39, 0.29) is 0 Å². The van der Waals surface area contributed by atoms with Crippen molar-refractivity contribution in [1.29, 1.82) is 0 Å². The summed E-state index contributed by atoms with van der Waals surface area (Å²) in [6, 6.07) is 2.52. The lowest BCUT2D eigenvalue weighted by Gasteiger charge is -2.47. The number of hydrogen-bond acceptors (Lipinski definition) is 2. The molecule has 2 aliphatic rings. The van der Waals surface area contributed by atoms with Crippen molar-refractivity contribution in [2.24, 2.45) is 5.92 Å². The summed E-state index contributed by atoms with van der Waals surface area (Å²) in [6.07, 6.45) is 7.05. The zero-order valence-corrected chi connectivity index (χ0v) is 10.5. The first-order valence-corrected chi connectivity index (χ1v) is 6.62. The Hall–Kier alpha value is -0.0800. The summed E-state index contributed by atoms with van der Waals surface area (Å²) in [4.78, 5) is 2.64. The molecule has 0 amide bonds. The lowest BCUT2D eigenvalue weighted by atomic mass is 9.82. The maximum atomic E-state index is 3.74. The van der Waals surface area contributed by atoms with Gasteiger partial charge in [0.15, 0.2) is 0 Å². The molecule has 0 aromatic carbocycles. The van der Waals surface area contributed by atoms with Crippen LogP contribution in [0.3, 0.4) is 0 Å².